The van der Waals surface area contributed by atoms with Gasteiger partial charge in [-0.15, -0.1) is 0 Å². The van der Waals surface area contributed by atoms with Gasteiger partial charge in [0.15, 0.2) is 0 Å². The Balaban J connectivity index is 1.57. The number of pyridine rings is 1. The minimum atomic E-state index is -1.35. The third-order valence-electron chi connectivity index (χ3n) is 6.02. The third kappa shape index (κ3) is 3.13. The highest BCUT2D eigenvalue weighted by Gasteiger charge is 2.45. The summed E-state index contributed by atoms with van der Waals surface area (Å²) in [5.74, 6) is 0.0255. The number of imidazole rings is 1. The van der Waals surface area contributed by atoms with Crippen LogP contribution in [0.2, 0.25) is 0 Å². The molecule has 0 aliphatic carbocycles. The summed E-state index contributed by atoms with van der Waals surface area (Å²) in [4.78, 5) is 8.36. The van der Waals surface area contributed by atoms with Gasteiger partial charge in [-0.25, -0.2) is 14.4 Å². The molecule has 32 heavy (non-hydrogen) atoms. The second kappa shape index (κ2) is 7.59. The van der Waals surface area contributed by atoms with Crippen LogP contribution >= 0.6 is 0 Å². The maximum atomic E-state index is 14.8. The number of aromatic nitrogens is 3. The number of nitriles is 1. The second-order valence-electron chi connectivity index (χ2n) is 7.78. The van der Waals surface area contributed by atoms with Crippen molar-refractivity contribution < 1.29 is 14.2 Å². The summed E-state index contributed by atoms with van der Waals surface area (Å²) in [5, 5.41) is 20.9. The second-order valence-corrected chi connectivity index (χ2v) is 7.78. The van der Waals surface area contributed by atoms with Crippen molar-refractivity contribution >= 4 is 0 Å². The number of hydrogen-bond donors (Lipinski definition) is 1. The molecule has 1 aliphatic rings. The first-order chi connectivity index (χ1) is 15.5. The van der Waals surface area contributed by atoms with E-state index < -0.39 is 17.5 Å². The predicted octanol–water partition coefficient (Wildman–Crippen LogP) is 4.19. The first kappa shape index (κ1) is 19.9. The number of methoxy groups -OCH3 is 1. The molecule has 0 saturated heterocycles. The summed E-state index contributed by atoms with van der Waals surface area (Å²) in [5.41, 5.74) is 2.40. The van der Waals surface area contributed by atoms with E-state index in [-0.39, 0.29) is 12.0 Å². The lowest BCUT2D eigenvalue weighted by molar-refractivity contribution is 0.0793. The summed E-state index contributed by atoms with van der Waals surface area (Å²) in [6, 6.07) is 17.2. The van der Waals surface area contributed by atoms with Crippen molar-refractivity contribution in [1.29, 1.82) is 5.26 Å². The van der Waals surface area contributed by atoms with Gasteiger partial charge in [-0.05, 0) is 41.0 Å². The number of nitrogens with zero attached hydrogens (tertiary/aromatic N) is 4. The molecule has 0 fully saturated rings. The Labute approximate surface area is 184 Å². The Morgan fingerprint density at radius 2 is 2.03 bits per heavy atom. The third-order valence-corrected chi connectivity index (χ3v) is 6.02. The van der Waals surface area contributed by atoms with Crippen molar-refractivity contribution in [1.82, 2.24) is 14.5 Å². The smallest absolute Gasteiger partial charge is 0.213 e. The van der Waals surface area contributed by atoms with Crippen molar-refractivity contribution in [2.75, 3.05) is 7.11 Å². The van der Waals surface area contributed by atoms with Crippen LogP contribution in [0.1, 0.15) is 34.8 Å². The largest absolute Gasteiger partial charge is 0.481 e. The van der Waals surface area contributed by atoms with Crippen LogP contribution in [-0.4, -0.2) is 26.8 Å². The Kier molecular flexibility index (Phi) is 4.72. The van der Waals surface area contributed by atoms with Gasteiger partial charge in [-0.1, -0.05) is 24.3 Å². The van der Waals surface area contributed by atoms with Gasteiger partial charge in [-0.2, -0.15) is 5.26 Å². The van der Waals surface area contributed by atoms with E-state index in [4.69, 9.17) is 10.00 Å². The number of ether oxygens (including phenoxy) is 1. The Morgan fingerprint density at radius 1 is 1.19 bits per heavy atom. The van der Waals surface area contributed by atoms with Crippen LogP contribution in [0, 0.1) is 17.1 Å². The maximum Gasteiger partial charge on any atom is 0.213 e. The molecule has 0 spiro atoms. The van der Waals surface area contributed by atoms with E-state index in [2.05, 4.69) is 9.97 Å². The van der Waals surface area contributed by atoms with Gasteiger partial charge in [0.2, 0.25) is 5.88 Å². The van der Waals surface area contributed by atoms with Crippen LogP contribution in [-0.2, 0) is 5.60 Å². The van der Waals surface area contributed by atoms with E-state index in [1.807, 2.05) is 42.5 Å². The Hall–Kier alpha value is -4.02. The van der Waals surface area contributed by atoms with Gasteiger partial charge in [0.25, 0.3) is 0 Å². The number of halogens is 1. The lowest BCUT2D eigenvalue weighted by Crippen LogP contribution is -2.24. The topological polar surface area (TPSA) is 84.0 Å². The highest BCUT2D eigenvalue weighted by atomic mass is 19.1. The standard InChI is InChI=1S/C25H19FN4O2/c1-32-24-11-18(7-8-29-24)17-3-2-4-19(10-17)25(31)12-22(30-15-28-14-23(25)30)20-6-5-16(13-27)9-21(20)26/h2-11,14-15,22,31H,12H2,1H3. The quantitative estimate of drug-likeness (QED) is 0.529. The zero-order chi connectivity index (χ0) is 22.3. The molecule has 4 aromatic rings. The average Bonchev–Trinajstić information content (AvgIpc) is 3.43. The van der Waals surface area contributed by atoms with E-state index in [1.54, 1.807) is 42.5 Å². The van der Waals surface area contributed by atoms with Crippen molar-refractivity contribution in [3.05, 3.63) is 102 Å². The molecule has 2 aromatic heterocycles. The van der Waals surface area contributed by atoms with Crippen LogP contribution in [0.3, 0.4) is 0 Å². The fourth-order valence-corrected chi connectivity index (χ4v) is 4.41. The highest BCUT2D eigenvalue weighted by Crippen LogP contribution is 2.47. The molecular formula is C25H19FN4O2. The molecule has 0 radical (unpaired) electrons. The Bertz CT molecular complexity index is 1360. The zero-order valence-electron chi connectivity index (χ0n) is 17.2. The first-order valence-electron chi connectivity index (χ1n) is 10.1. The molecule has 1 N–H and O–H groups in total. The lowest BCUT2D eigenvalue weighted by Gasteiger charge is -2.24. The predicted molar refractivity (Wildman–Crippen MR) is 115 cm³/mol. The first-order valence-corrected chi connectivity index (χ1v) is 10.1. The van der Waals surface area contributed by atoms with Crippen molar-refractivity contribution in [2.24, 2.45) is 0 Å². The number of aliphatic hydroxyl groups is 1. The molecule has 0 bridgehead atoms. The van der Waals surface area contributed by atoms with Crippen molar-refractivity contribution in [3.63, 3.8) is 0 Å². The molecule has 0 saturated carbocycles. The molecular weight excluding hydrogens is 407 g/mol. The average molecular weight is 426 g/mol. The summed E-state index contributed by atoms with van der Waals surface area (Å²) in [6.45, 7) is 0. The van der Waals surface area contributed by atoms with E-state index in [9.17, 15) is 9.50 Å². The minimum absolute atomic E-state index is 0.247. The molecule has 7 heteroatoms. The fourth-order valence-electron chi connectivity index (χ4n) is 4.41. The van der Waals surface area contributed by atoms with E-state index in [1.165, 1.54) is 6.07 Å². The van der Waals surface area contributed by atoms with Gasteiger partial charge in [-0.3, -0.25) is 0 Å². The van der Waals surface area contributed by atoms with E-state index in [0.717, 1.165) is 11.1 Å². The number of rotatable bonds is 4. The fraction of sp³-hybridized carbons (Fsp3) is 0.160. The molecule has 2 atom stereocenters. The molecule has 1 aliphatic heterocycles. The number of fused-ring (bicyclic) bond motifs is 1. The van der Waals surface area contributed by atoms with Crippen LogP contribution < -0.4 is 4.74 Å². The summed E-state index contributed by atoms with van der Waals surface area (Å²) in [7, 11) is 1.56. The number of benzene rings is 2. The van der Waals surface area contributed by atoms with E-state index >= 15 is 0 Å². The van der Waals surface area contributed by atoms with Gasteiger partial charge in [0.1, 0.15) is 11.4 Å². The Morgan fingerprint density at radius 3 is 2.81 bits per heavy atom. The molecule has 3 heterocycles. The molecule has 0 amide bonds. The summed E-state index contributed by atoms with van der Waals surface area (Å²) < 4.78 is 21.8. The normalized spacial score (nSPS) is 19.4. The molecule has 158 valence electrons. The maximum absolute atomic E-state index is 14.8. The van der Waals surface area contributed by atoms with Crippen molar-refractivity contribution in [3.8, 4) is 23.1 Å². The van der Waals surface area contributed by atoms with Gasteiger partial charge >= 0.3 is 0 Å². The zero-order valence-corrected chi connectivity index (χ0v) is 17.2. The van der Waals surface area contributed by atoms with E-state index in [0.29, 0.717) is 22.7 Å². The van der Waals surface area contributed by atoms with Gasteiger partial charge in [0.05, 0.1) is 43.0 Å². The van der Waals surface area contributed by atoms with Crippen molar-refractivity contribution in [2.45, 2.75) is 18.1 Å². The molecule has 5 rings (SSSR count). The van der Waals surface area contributed by atoms with Crippen LogP contribution in [0.15, 0.2) is 73.3 Å². The van der Waals surface area contributed by atoms with Crippen LogP contribution in [0.5, 0.6) is 5.88 Å². The van der Waals surface area contributed by atoms with Gasteiger partial charge in [0, 0.05) is 24.2 Å². The minimum Gasteiger partial charge on any atom is -0.481 e. The molecule has 2 unspecified atom stereocenters. The molecule has 2 aromatic carbocycles. The summed E-state index contributed by atoms with van der Waals surface area (Å²) in [6.07, 6.45) is 5.14. The van der Waals surface area contributed by atoms with Crippen LogP contribution in [0.4, 0.5) is 4.39 Å². The van der Waals surface area contributed by atoms with Gasteiger partial charge < -0.3 is 14.4 Å². The molecule has 6 nitrogen and oxygen atoms in total. The number of hydrogen-bond acceptors (Lipinski definition) is 5. The lowest BCUT2D eigenvalue weighted by atomic mass is 9.85. The monoisotopic (exact) mass is 426 g/mol. The SMILES string of the molecule is COc1cc(-c2cccc(C3(O)CC(c4ccc(C#N)cc4F)n4cncc43)c2)ccn1. The highest BCUT2D eigenvalue weighted by molar-refractivity contribution is 5.65. The van der Waals surface area contributed by atoms with Crippen LogP contribution in [0.25, 0.3) is 11.1 Å². The summed E-state index contributed by atoms with van der Waals surface area (Å²) >= 11 is 0.